The average molecular weight is 317 g/mol. The summed E-state index contributed by atoms with van der Waals surface area (Å²) >= 11 is 0. The first-order chi connectivity index (χ1) is 11.0. The van der Waals surface area contributed by atoms with Gasteiger partial charge in [-0.15, -0.1) is 6.58 Å². The van der Waals surface area contributed by atoms with E-state index in [4.69, 9.17) is 4.74 Å². The van der Waals surface area contributed by atoms with Crippen LogP contribution < -0.4 is 0 Å². The molecule has 5 heteroatoms. The highest BCUT2D eigenvalue weighted by molar-refractivity contribution is 5.95. The fourth-order valence-corrected chi connectivity index (χ4v) is 2.73. The van der Waals surface area contributed by atoms with Gasteiger partial charge < -0.3 is 9.84 Å². The third-order valence-corrected chi connectivity index (χ3v) is 4.32. The van der Waals surface area contributed by atoms with Crippen molar-refractivity contribution in [1.29, 1.82) is 0 Å². The molecule has 1 heterocycles. The van der Waals surface area contributed by atoms with Gasteiger partial charge in [0.2, 0.25) is 5.91 Å². The summed E-state index contributed by atoms with van der Waals surface area (Å²) in [5, 5.41) is 10.2. The number of ether oxygens (including phenoxy) is 1. The van der Waals surface area contributed by atoms with Crippen LogP contribution in [0.4, 0.5) is 4.79 Å². The Labute approximate surface area is 136 Å². The smallest absolute Gasteiger partial charge is 0.416 e. The summed E-state index contributed by atoms with van der Waals surface area (Å²) in [7, 11) is 0. The molecule has 0 radical (unpaired) electrons. The van der Waals surface area contributed by atoms with Crippen LogP contribution in [0.1, 0.15) is 19.4 Å². The summed E-state index contributed by atoms with van der Waals surface area (Å²) in [6.07, 6.45) is 0.614. The second-order valence-corrected chi connectivity index (χ2v) is 6.00. The maximum atomic E-state index is 12.6. The Morgan fingerprint density at radius 2 is 2.09 bits per heavy atom. The molecule has 2 rings (SSSR count). The Kier molecular flexibility index (Phi) is 5.55. The van der Waals surface area contributed by atoms with Crippen LogP contribution in [0.25, 0.3) is 0 Å². The molecule has 23 heavy (non-hydrogen) atoms. The van der Waals surface area contributed by atoms with Gasteiger partial charge in [-0.25, -0.2) is 9.69 Å². The van der Waals surface area contributed by atoms with Crippen molar-refractivity contribution >= 4 is 12.0 Å². The molecule has 1 aromatic carbocycles. The van der Waals surface area contributed by atoms with Crippen LogP contribution in [-0.4, -0.2) is 40.8 Å². The Balaban J connectivity index is 2.12. The Hall–Kier alpha value is -2.14. The number of aliphatic hydroxyl groups excluding tert-OH is 1. The van der Waals surface area contributed by atoms with Crippen LogP contribution in [0.2, 0.25) is 0 Å². The summed E-state index contributed by atoms with van der Waals surface area (Å²) in [5.74, 6) is -1.35. The predicted molar refractivity (Wildman–Crippen MR) is 86.7 cm³/mol. The molecule has 0 aromatic heterocycles. The van der Waals surface area contributed by atoms with Crippen molar-refractivity contribution in [2.24, 2.45) is 11.8 Å². The number of aliphatic hydroxyl groups is 1. The molecule has 2 amide bonds. The van der Waals surface area contributed by atoms with Gasteiger partial charge in [0, 0.05) is 5.92 Å². The van der Waals surface area contributed by atoms with Gasteiger partial charge in [0.05, 0.1) is 18.1 Å². The van der Waals surface area contributed by atoms with Gasteiger partial charge in [-0.05, 0) is 12.0 Å². The molecule has 1 N–H and O–H groups in total. The number of hydrogen-bond donors (Lipinski definition) is 1. The Bertz CT molecular complexity index is 572. The van der Waals surface area contributed by atoms with Crippen LogP contribution in [0, 0.1) is 11.8 Å². The molecule has 5 nitrogen and oxygen atoms in total. The normalized spacial score (nSPS) is 21.4. The fourth-order valence-electron chi connectivity index (χ4n) is 2.73. The van der Waals surface area contributed by atoms with Crippen molar-refractivity contribution < 1.29 is 19.4 Å². The molecular formula is C18H23NO4. The average Bonchev–Trinajstić information content (AvgIpc) is 2.93. The predicted octanol–water partition coefficient (Wildman–Crippen LogP) is 2.40. The van der Waals surface area contributed by atoms with Crippen molar-refractivity contribution in [2.45, 2.75) is 32.4 Å². The van der Waals surface area contributed by atoms with Crippen LogP contribution in [0.3, 0.4) is 0 Å². The highest BCUT2D eigenvalue weighted by Gasteiger charge is 2.41. The molecule has 4 atom stereocenters. The van der Waals surface area contributed by atoms with Gasteiger partial charge in [-0.3, -0.25) is 4.79 Å². The molecule has 0 aliphatic carbocycles. The number of amides is 2. The molecule has 0 spiro atoms. The zero-order chi connectivity index (χ0) is 17.0. The SMILES string of the molecule is C=C[C@@H](C)[C@@H](O)[C@H](C)C(=O)N1C(=O)OC[C@H]1Cc1ccccc1. The maximum Gasteiger partial charge on any atom is 0.416 e. The minimum atomic E-state index is -0.884. The second-order valence-electron chi connectivity index (χ2n) is 6.00. The molecule has 1 aliphatic rings. The van der Waals surface area contributed by atoms with Gasteiger partial charge in [0.1, 0.15) is 6.61 Å². The molecule has 124 valence electrons. The summed E-state index contributed by atoms with van der Waals surface area (Å²) in [6, 6.07) is 9.30. The molecule has 0 saturated carbocycles. The van der Waals surface area contributed by atoms with E-state index in [0.29, 0.717) is 6.42 Å². The van der Waals surface area contributed by atoms with Crippen LogP contribution in [0.5, 0.6) is 0 Å². The lowest BCUT2D eigenvalue weighted by Crippen LogP contribution is -2.46. The number of cyclic esters (lactones) is 1. The van der Waals surface area contributed by atoms with Crippen LogP contribution in [0.15, 0.2) is 43.0 Å². The zero-order valence-corrected chi connectivity index (χ0v) is 13.5. The molecule has 1 saturated heterocycles. The molecule has 1 aliphatic heterocycles. The van der Waals surface area contributed by atoms with Gasteiger partial charge in [0.15, 0.2) is 0 Å². The summed E-state index contributed by atoms with van der Waals surface area (Å²) in [4.78, 5) is 25.8. The van der Waals surface area contributed by atoms with E-state index in [-0.39, 0.29) is 18.6 Å². The lowest BCUT2D eigenvalue weighted by Gasteiger charge is -2.27. The largest absolute Gasteiger partial charge is 0.447 e. The number of rotatable bonds is 6. The number of benzene rings is 1. The topological polar surface area (TPSA) is 66.8 Å². The minimum Gasteiger partial charge on any atom is -0.447 e. The molecule has 0 bridgehead atoms. The van der Waals surface area contributed by atoms with Gasteiger partial charge >= 0.3 is 6.09 Å². The number of carbonyl (C=O) groups excluding carboxylic acids is 2. The first kappa shape index (κ1) is 17.2. The van der Waals surface area contributed by atoms with Gasteiger partial charge in [-0.1, -0.05) is 50.3 Å². The van der Waals surface area contributed by atoms with Crippen LogP contribution in [-0.2, 0) is 16.0 Å². The quantitative estimate of drug-likeness (QED) is 0.818. The molecule has 1 fully saturated rings. The van der Waals surface area contributed by atoms with E-state index in [1.54, 1.807) is 19.9 Å². The van der Waals surface area contributed by atoms with Crippen molar-refractivity contribution in [2.75, 3.05) is 6.61 Å². The number of nitrogens with zero attached hydrogens (tertiary/aromatic N) is 1. The molecular weight excluding hydrogens is 294 g/mol. The van der Waals surface area contributed by atoms with E-state index in [9.17, 15) is 14.7 Å². The summed E-state index contributed by atoms with van der Waals surface area (Å²) < 4.78 is 5.05. The first-order valence-electron chi connectivity index (χ1n) is 7.80. The van der Waals surface area contributed by atoms with E-state index >= 15 is 0 Å². The Morgan fingerprint density at radius 3 is 2.70 bits per heavy atom. The van der Waals surface area contributed by atoms with E-state index in [1.807, 2.05) is 30.3 Å². The Morgan fingerprint density at radius 1 is 1.43 bits per heavy atom. The first-order valence-corrected chi connectivity index (χ1v) is 7.80. The van der Waals surface area contributed by atoms with Crippen LogP contribution >= 0.6 is 0 Å². The fraction of sp³-hybridized carbons (Fsp3) is 0.444. The maximum absolute atomic E-state index is 12.6. The minimum absolute atomic E-state index is 0.180. The molecule has 0 unspecified atom stereocenters. The number of carbonyl (C=O) groups is 2. The third kappa shape index (κ3) is 3.79. The second kappa shape index (κ2) is 7.42. The van der Waals surface area contributed by atoms with Crippen molar-refractivity contribution in [3.05, 3.63) is 48.6 Å². The summed E-state index contributed by atoms with van der Waals surface area (Å²) in [5.41, 5.74) is 1.03. The van der Waals surface area contributed by atoms with E-state index in [2.05, 4.69) is 6.58 Å². The lowest BCUT2D eigenvalue weighted by molar-refractivity contribution is -0.137. The van der Waals surface area contributed by atoms with Gasteiger partial charge in [-0.2, -0.15) is 0 Å². The van der Waals surface area contributed by atoms with Crippen molar-refractivity contribution in [3.63, 3.8) is 0 Å². The van der Waals surface area contributed by atoms with Crippen molar-refractivity contribution in [3.8, 4) is 0 Å². The third-order valence-electron chi connectivity index (χ3n) is 4.32. The number of hydrogen-bond acceptors (Lipinski definition) is 4. The lowest BCUT2D eigenvalue weighted by atomic mass is 9.92. The standard InChI is InChI=1S/C18H23NO4/c1-4-12(2)16(20)13(3)17(21)19-15(11-23-18(19)22)10-14-8-6-5-7-9-14/h4-9,12-13,15-16,20H,1,10-11H2,2-3H3/t12-,13+,15-,16-/m1/s1. The number of imide groups is 1. The molecule has 1 aromatic rings. The van der Waals surface area contributed by atoms with E-state index in [1.165, 1.54) is 0 Å². The monoisotopic (exact) mass is 317 g/mol. The highest BCUT2D eigenvalue weighted by atomic mass is 16.6. The summed E-state index contributed by atoms with van der Waals surface area (Å²) in [6.45, 7) is 7.22. The highest BCUT2D eigenvalue weighted by Crippen LogP contribution is 2.23. The van der Waals surface area contributed by atoms with Gasteiger partial charge in [0.25, 0.3) is 0 Å². The van der Waals surface area contributed by atoms with E-state index < -0.39 is 24.0 Å². The zero-order valence-electron chi connectivity index (χ0n) is 13.5. The van der Waals surface area contributed by atoms with E-state index in [0.717, 1.165) is 10.5 Å². The van der Waals surface area contributed by atoms with Crippen molar-refractivity contribution in [1.82, 2.24) is 4.90 Å².